The number of imidazole rings is 1. The average Bonchev–Trinajstić information content (AvgIpc) is 3.04. The van der Waals surface area contributed by atoms with E-state index >= 15 is 0 Å². The number of nitrogens with zero attached hydrogens (tertiary/aromatic N) is 2. The molecule has 6 nitrogen and oxygen atoms in total. The van der Waals surface area contributed by atoms with Crippen LogP contribution in [0.4, 0.5) is 0 Å². The Labute approximate surface area is 140 Å². The standard InChI is InChI=1S/C16H23N3O3S/c1-16(8-5-11-22-16)17-14(21)7-4-6-13(20)12-23-15-18(2)9-10-19(15)3/h5,9-11H,4,6-8,12H2,1-3H3/p+1. The van der Waals surface area contributed by atoms with Gasteiger partial charge in [0.15, 0.2) is 5.72 Å². The zero-order valence-corrected chi connectivity index (χ0v) is 14.7. The monoisotopic (exact) mass is 338 g/mol. The van der Waals surface area contributed by atoms with Gasteiger partial charge < -0.3 is 10.1 Å². The number of carbonyl (C=O) groups is 2. The molecule has 1 unspecified atom stereocenters. The van der Waals surface area contributed by atoms with Gasteiger partial charge in [-0.1, -0.05) is 0 Å². The summed E-state index contributed by atoms with van der Waals surface area (Å²) in [5.41, 5.74) is -0.627. The van der Waals surface area contributed by atoms with E-state index in [0.717, 1.165) is 5.16 Å². The van der Waals surface area contributed by atoms with E-state index in [4.69, 9.17) is 4.74 Å². The second-order valence-electron chi connectivity index (χ2n) is 5.96. The van der Waals surface area contributed by atoms with Crippen molar-refractivity contribution in [2.75, 3.05) is 5.75 Å². The minimum absolute atomic E-state index is 0.0783. The van der Waals surface area contributed by atoms with Crippen molar-refractivity contribution in [2.45, 2.75) is 43.5 Å². The number of Topliss-reactive ketones (excluding diaryl/α,β-unsaturated/α-hetero) is 1. The van der Waals surface area contributed by atoms with Crippen molar-refractivity contribution in [1.82, 2.24) is 9.88 Å². The van der Waals surface area contributed by atoms with Crippen LogP contribution in [0.1, 0.15) is 32.6 Å². The molecule has 1 atom stereocenters. The highest BCUT2D eigenvalue weighted by molar-refractivity contribution is 7.99. The lowest BCUT2D eigenvalue weighted by atomic mass is 10.1. The molecule has 2 rings (SSSR count). The Hall–Kier alpha value is -1.76. The van der Waals surface area contributed by atoms with Gasteiger partial charge in [-0.2, -0.15) is 0 Å². The van der Waals surface area contributed by atoms with Crippen LogP contribution in [0.5, 0.6) is 0 Å². The SMILES string of the molecule is Cn1cc[n+](C)c1SCC(=O)CCCC(=O)NC1(C)CC=CO1. The highest BCUT2D eigenvalue weighted by atomic mass is 32.2. The molecule has 1 amide bonds. The fourth-order valence-corrected chi connectivity index (χ4v) is 3.36. The van der Waals surface area contributed by atoms with Crippen LogP contribution < -0.4 is 9.88 Å². The number of amides is 1. The van der Waals surface area contributed by atoms with Crippen LogP contribution in [-0.2, 0) is 28.4 Å². The summed E-state index contributed by atoms with van der Waals surface area (Å²) in [6.07, 6.45) is 9.39. The van der Waals surface area contributed by atoms with Gasteiger partial charge in [0.05, 0.1) is 26.1 Å². The van der Waals surface area contributed by atoms with Gasteiger partial charge in [0.2, 0.25) is 5.91 Å². The minimum Gasteiger partial charge on any atom is -0.476 e. The maximum Gasteiger partial charge on any atom is 0.317 e. The zero-order valence-electron chi connectivity index (χ0n) is 13.9. The van der Waals surface area contributed by atoms with E-state index < -0.39 is 5.72 Å². The number of carbonyl (C=O) groups excluding carboxylic acids is 2. The Morgan fingerprint density at radius 2 is 2.26 bits per heavy atom. The second-order valence-corrected chi connectivity index (χ2v) is 6.90. The number of thioether (sulfide) groups is 1. The first-order valence-electron chi connectivity index (χ1n) is 7.69. The lowest BCUT2D eigenvalue weighted by Gasteiger charge is -2.24. The van der Waals surface area contributed by atoms with Crippen molar-refractivity contribution >= 4 is 23.5 Å². The molecule has 0 spiro atoms. The van der Waals surface area contributed by atoms with E-state index in [2.05, 4.69) is 5.32 Å². The maximum absolute atomic E-state index is 11.9. The third kappa shape index (κ3) is 5.13. The second kappa shape index (κ2) is 7.68. The zero-order chi connectivity index (χ0) is 16.9. The highest BCUT2D eigenvalue weighted by Gasteiger charge is 2.28. The summed E-state index contributed by atoms with van der Waals surface area (Å²) >= 11 is 1.52. The van der Waals surface area contributed by atoms with Gasteiger partial charge in [0.25, 0.3) is 0 Å². The molecule has 7 heteroatoms. The highest BCUT2D eigenvalue weighted by Crippen LogP contribution is 2.19. The van der Waals surface area contributed by atoms with Crippen LogP contribution in [0.3, 0.4) is 0 Å². The fourth-order valence-electron chi connectivity index (χ4n) is 2.40. The number of nitrogens with one attached hydrogen (secondary N) is 1. The van der Waals surface area contributed by atoms with Gasteiger partial charge >= 0.3 is 5.16 Å². The Morgan fingerprint density at radius 1 is 1.48 bits per heavy atom. The van der Waals surface area contributed by atoms with Gasteiger partial charge in [-0.05, 0) is 31.2 Å². The van der Waals surface area contributed by atoms with Crippen molar-refractivity contribution in [2.24, 2.45) is 14.1 Å². The van der Waals surface area contributed by atoms with E-state index in [9.17, 15) is 9.59 Å². The summed E-state index contributed by atoms with van der Waals surface area (Å²) in [5.74, 6) is 0.511. The van der Waals surface area contributed by atoms with E-state index in [1.807, 2.05) is 48.6 Å². The first-order chi connectivity index (χ1) is 10.9. The third-order valence-electron chi connectivity index (χ3n) is 3.67. The quantitative estimate of drug-likeness (QED) is 0.576. The van der Waals surface area contributed by atoms with Crippen LogP contribution in [0.15, 0.2) is 29.9 Å². The first kappa shape index (κ1) is 17.6. The molecular formula is C16H24N3O3S+. The minimum atomic E-state index is -0.627. The summed E-state index contributed by atoms with van der Waals surface area (Å²) in [4.78, 5) is 23.8. The van der Waals surface area contributed by atoms with Gasteiger partial charge in [0, 0.05) is 19.3 Å². The average molecular weight is 338 g/mol. The molecule has 1 N–H and O–H groups in total. The topological polar surface area (TPSA) is 64.2 Å². The number of aryl methyl sites for hydroxylation is 2. The van der Waals surface area contributed by atoms with Crippen molar-refractivity contribution < 1.29 is 18.9 Å². The number of hydrogen-bond acceptors (Lipinski definition) is 4. The number of aromatic nitrogens is 2. The molecule has 0 saturated carbocycles. The number of ketones is 1. The molecular weight excluding hydrogens is 314 g/mol. The van der Waals surface area contributed by atoms with Crippen molar-refractivity contribution in [1.29, 1.82) is 0 Å². The molecule has 0 aromatic carbocycles. The summed E-state index contributed by atoms with van der Waals surface area (Å²) in [5, 5.41) is 3.89. The Bertz CT molecular complexity index is 582. The van der Waals surface area contributed by atoms with Crippen LogP contribution in [0, 0.1) is 0 Å². The van der Waals surface area contributed by atoms with E-state index in [1.165, 1.54) is 11.8 Å². The molecule has 0 radical (unpaired) electrons. The van der Waals surface area contributed by atoms with Crippen LogP contribution in [-0.4, -0.2) is 27.7 Å². The first-order valence-corrected chi connectivity index (χ1v) is 8.67. The Morgan fingerprint density at radius 3 is 2.87 bits per heavy atom. The predicted octanol–water partition coefficient (Wildman–Crippen LogP) is 1.45. The molecule has 1 aliphatic rings. The lowest BCUT2D eigenvalue weighted by molar-refractivity contribution is -0.709. The molecule has 0 bridgehead atoms. The molecule has 0 aliphatic carbocycles. The summed E-state index contributed by atoms with van der Waals surface area (Å²) in [6.45, 7) is 1.84. The van der Waals surface area contributed by atoms with Crippen LogP contribution in [0.25, 0.3) is 0 Å². The summed E-state index contributed by atoms with van der Waals surface area (Å²) in [7, 11) is 3.91. The molecule has 1 aromatic heterocycles. The van der Waals surface area contributed by atoms with E-state index in [0.29, 0.717) is 31.4 Å². The largest absolute Gasteiger partial charge is 0.476 e. The summed E-state index contributed by atoms with van der Waals surface area (Å²) < 4.78 is 9.33. The molecule has 1 aromatic rings. The van der Waals surface area contributed by atoms with Crippen molar-refractivity contribution in [3.63, 3.8) is 0 Å². The fraction of sp³-hybridized carbons (Fsp3) is 0.562. The molecule has 2 heterocycles. The number of hydrogen-bond donors (Lipinski definition) is 1. The van der Waals surface area contributed by atoms with Gasteiger partial charge in [-0.25, -0.2) is 9.13 Å². The smallest absolute Gasteiger partial charge is 0.317 e. The van der Waals surface area contributed by atoms with Crippen LogP contribution in [0.2, 0.25) is 0 Å². The molecule has 1 aliphatic heterocycles. The molecule has 126 valence electrons. The van der Waals surface area contributed by atoms with Crippen molar-refractivity contribution in [3.05, 3.63) is 24.7 Å². The van der Waals surface area contributed by atoms with E-state index in [1.54, 1.807) is 6.26 Å². The predicted molar refractivity (Wildman–Crippen MR) is 87.6 cm³/mol. The Kier molecular flexibility index (Phi) is 5.87. The van der Waals surface area contributed by atoms with Crippen molar-refractivity contribution in [3.8, 4) is 0 Å². The molecule has 23 heavy (non-hydrogen) atoms. The lowest BCUT2D eigenvalue weighted by Crippen LogP contribution is -2.45. The number of ether oxygens (including phenoxy) is 1. The normalized spacial score (nSPS) is 19.6. The molecule has 0 fully saturated rings. The van der Waals surface area contributed by atoms with Gasteiger partial charge in [-0.3, -0.25) is 9.59 Å². The molecule has 0 saturated heterocycles. The number of rotatable bonds is 8. The van der Waals surface area contributed by atoms with E-state index in [-0.39, 0.29) is 11.7 Å². The summed E-state index contributed by atoms with van der Waals surface area (Å²) in [6, 6.07) is 0. The van der Waals surface area contributed by atoms with Crippen LogP contribution >= 0.6 is 11.8 Å². The third-order valence-corrected chi connectivity index (χ3v) is 4.98. The van der Waals surface area contributed by atoms with Gasteiger partial charge in [0.1, 0.15) is 18.2 Å². The van der Waals surface area contributed by atoms with Gasteiger partial charge in [-0.15, -0.1) is 0 Å². The maximum atomic E-state index is 11.9. The Balaban J connectivity index is 1.64.